The highest BCUT2D eigenvalue weighted by atomic mass is 32.1. The van der Waals surface area contributed by atoms with Crippen LogP contribution in [0.15, 0.2) is 6.07 Å². The molecule has 0 amide bonds. The molecule has 5 N–H and O–H groups in total. The van der Waals surface area contributed by atoms with Crippen molar-refractivity contribution in [2.45, 2.75) is 19.1 Å². The number of hydrazine groups is 1. The van der Waals surface area contributed by atoms with E-state index in [1.54, 1.807) is 11.3 Å². The number of aryl methyl sites for hydroxylation is 1. The van der Waals surface area contributed by atoms with E-state index in [1.165, 1.54) is 0 Å². The van der Waals surface area contributed by atoms with Crippen molar-refractivity contribution in [1.29, 1.82) is 0 Å². The Labute approximate surface area is 113 Å². The first kappa shape index (κ1) is 12.5. The Hall–Kier alpha value is -1.48. The second kappa shape index (κ2) is 4.57. The monoisotopic (exact) mass is 281 g/mol. The van der Waals surface area contributed by atoms with Crippen LogP contribution in [0.2, 0.25) is 0 Å². The van der Waals surface area contributed by atoms with Crippen LogP contribution < -0.4 is 16.2 Å². The topological polar surface area (TPSA) is 108 Å². The van der Waals surface area contributed by atoms with Crippen LogP contribution in [0.4, 0.5) is 11.8 Å². The molecule has 0 spiro atoms. The van der Waals surface area contributed by atoms with Crippen molar-refractivity contribution < 1.29 is 10.2 Å². The first-order chi connectivity index (χ1) is 9.08. The Morgan fingerprint density at radius 3 is 2.68 bits per heavy atom. The number of rotatable bonds is 2. The molecule has 1 aliphatic heterocycles. The van der Waals surface area contributed by atoms with Crippen molar-refractivity contribution in [2.75, 3.05) is 23.4 Å². The molecule has 2 aromatic heterocycles. The van der Waals surface area contributed by atoms with E-state index in [0.717, 1.165) is 15.1 Å². The molecule has 0 aliphatic carbocycles. The van der Waals surface area contributed by atoms with Gasteiger partial charge in [0.25, 0.3) is 0 Å². The number of hydrogen-bond donors (Lipinski definition) is 4. The summed E-state index contributed by atoms with van der Waals surface area (Å²) < 4.78 is 0. The lowest BCUT2D eigenvalue weighted by Crippen LogP contribution is -2.23. The van der Waals surface area contributed by atoms with Crippen LogP contribution in [0.1, 0.15) is 4.88 Å². The maximum atomic E-state index is 9.66. The summed E-state index contributed by atoms with van der Waals surface area (Å²) in [6.07, 6.45) is -1.50. The number of nitrogens with zero attached hydrogens (tertiary/aromatic N) is 3. The van der Waals surface area contributed by atoms with Crippen LogP contribution >= 0.6 is 11.3 Å². The van der Waals surface area contributed by atoms with Crippen molar-refractivity contribution in [3.8, 4) is 0 Å². The summed E-state index contributed by atoms with van der Waals surface area (Å²) in [5, 5.41) is 20.2. The second-order valence-corrected chi connectivity index (χ2v) is 5.87. The Kier molecular flexibility index (Phi) is 3.02. The summed E-state index contributed by atoms with van der Waals surface area (Å²) in [5.74, 6) is 6.41. The summed E-state index contributed by atoms with van der Waals surface area (Å²) in [4.78, 5) is 12.5. The first-order valence-electron chi connectivity index (χ1n) is 5.94. The van der Waals surface area contributed by atoms with Crippen LogP contribution in [0, 0.1) is 6.92 Å². The molecule has 0 bridgehead atoms. The number of thiophene rings is 1. The van der Waals surface area contributed by atoms with E-state index < -0.39 is 12.2 Å². The Balaban J connectivity index is 2.11. The van der Waals surface area contributed by atoms with Crippen LogP contribution in [0.5, 0.6) is 0 Å². The van der Waals surface area contributed by atoms with Crippen LogP contribution in [0.25, 0.3) is 10.2 Å². The quantitative estimate of drug-likeness (QED) is 0.447. The first-order valence-corrected chi connectivity index (χ1v) is 6.76. The smallest absolute Gasteiger partial charge is 0.240 e. The van der Waals surface area contributed by atoms with Gasteiger partial charge in [0, 0.05) is 18.0 Å². The van der Waals surface area contributed by atoms with Crippen molar-refractivity contribution >= 4 is 33.3 Å². The van der Waals surface area contributed by atoms with Crippen LogP contribution in [0.3, 0.4) is 0 Å². The van der Waals surface area contributed by atoms with Crippen molar-refractivity contribution in [2.24, 2.45) is 5.84 Å². The van der Waals surface area contributed by atoms with Gasteiger partial charge in [-0.3, -0.25) is 5.43 Å². The van der Waals surface area contributed by atoms with Gasteiger partial charge in [0.1, 0.15) is 10.6 Å². The summed E-state index contributed by atoms with van der Waals surface area (Å²) in [6.45, 7) is 2.71. The molecule has 2 atom stereocenters. The fourth-order valence-electron chi connectivity index (χ4n) is 2.27. The van der Waals surface area contributed by atoms with E-state index in [2.05, 4.69) is 15.4 Å². The maximum absolute atomic E-state index is 9.66. The van der Waals surface area contributed by atoms with Gasteiger partial charge in [-0.1, -0.05) is 0 Å². The van der Waals surface area contributed by atoms with E-state index in [4.69, 9.17) is 5.84 Å². The number of aliphatic hydroxyl groups is 2. The Morgan fingerprint density at radius 1 is 1.37 bits per heavy atom. The lowest BCUT2D eigenvalue weighted by molar-refractivity contribution is 0.0572. The third-order valence-corrected chi connectivity index (χ3v) is 4.13. The predicted molar refractivity (Wildman–Crippen MR) is 74.2 cm³/mol. The molecule has 7 nitrogen and oxygen atoms in total. The van der Waals surface area contributed by atoms with Gasteiger partial charge < -0.3 is 15.1 Å². The molecule has 3 heterocycles. The summed E-state index contributed by atoms with van der Waals surface area (Å²) in [6, 6.07) is 2.01. The van der Waals surface area contributed by atoms with Gasteiger partial charge in [0.2, 0.25) is 5.95 Å². The number of aliphatic hydroxyl groups excluding tert-OH is 2. The molecule has 1 fully saturated rings. The average Bonchev–Trinajstić information content (AvgIpc) is 2.90. The molecule has 2 aromatic rings. The Bertz CT molecular complexity index is 606. The average molecular weight is 281 g/mol. The molecule has 1 saturated heterocycles. The number of fused-ring (bicyclic) bond motifs is 1. The van der Waals surface area contributed by atoms with E-state index in [1.807, 2.05) is 17.9 Å². The zero-order valence-electron chi connectivity index (χ0n) is 10.4. The number of nitrogens with one attached hydrogen (secondary N) is 1. The highest BCUT2D eigenvalue weighted by molar-refractivity contribution is 7.18. The van der Waals surface area contributed by atoms with E-state index in [9.17, 15) is 10.2 Å². The van der Waals surface area contributed by atoms with Gasteiger partial charge in [0.15, 0.2) is 0 Å². The molecule has 0 aromatic carbocycles. The number of aromatic nitrogens is 2. The van der Waals surface area contributed by atoms with Crippen molar-refractivity contribution in [3.63, 3.8) is 0 Å². The number of nitrogen functional groups attached to an aromatic ring is 1. The molecule has 8 heteroatoms. The van der Waals surface area contributed by atoms with Gasteiger partial charge in [0.05, 0.1) is 17.6 Å². The SMILES string of the molecule is Cc1cc2c(N3CC(O)C(O)C3)nc(NN)nc2s1. The van der Waals surface area contributed by atoms with Gasteiger partial charge in [-0.05, 0) is 13.0 Å². The minimum absolute atomic E-state index is 0.334. The number of hydrogen-bond acceptors (Lipinski definition) is 8. The van der Waals surface area contributed by atoms with E-state index in [-0.39, 0.29) is 0 Å². The fraction of sp³-hybridized carbons (Fsp3) is 0.455. The largest absolute Gasteiger partial charge is 0.389 e. The lowest BCUT2D eigenvalue weighted by atomic mass is 10.3. The molecule has 19 heavy (non-hydrogen) atoms. The number of anilines is 2. The highest BCUT2D eigenvalue weighted by Crippen LogP contribution is 2.33. The molecule has 3 rings (SSSR count). The summed E-state index contributed by atoms with van der Waals surface area (Å²) >= 11 is 1.56. The Morgan fingerprint density at radius 2 is 2.05 bits per heavy atom. The van der Waals surface area contributed by atoms with Gasteiger partial charge >= 0.3 is 0 Å². The molecular weight excluding hydrogens is 266 g/mol. The van der Waals surface area contributed by atoms with Crippen LogP contribution in [-0.2, 0) is 0 Å². The standard InChI is InChI=1S/C11H15N5O2S/c1-5-2-6-9(16-3-7(17)8(18)4-16)13-11(15-12)14-10(6)19-5/h2,7-8,17-18H,3-4,12H2,1H3,(H,13,14,15). The third-order valence-electron chi connectivity index (χ3n) is 3.18. The minimum Gasteiger partial charge on any atom is -0.389 e. The zero-order valence-corrected chi connectivity index (χ0v) is 11.2. The molecule has 0 radical (unpaired) electrons. The van der Waals surface area contributed by atoms with Gasteiger partial charge in [-0.25, -0.2) is 10.8 Å². The van der Waals surface area contributed by atoms with E-state index in [0.29, 0.717) is 24.9 Å². The summed E-state index contributed by atoms with van der Waals surface area (Å²) in [7, 11) is 0. The fourth-order valence-corrected chi connectivity index (χ4v) is 3.15. The second-order valence-electron chi connectivity index (χ2n) is 4.63. The molecule has 0 saturated carbocycles. The van der Waals surface area contributed by atoms with Crippen molar-refractivity contribution in [1.82, 2.24) is 9.97 Å². The lowest BCUT2D eigenvalue weighted by Gasteiger charge is -2.17. The number of β-amino-alcohol motifs (C(OH)–C–C–N with tert-alkyl or cyclic N) is 2. The maximum Gasteiger partial charge on any atom is 0.240 e. The van der Waals surface area contributed by atoms with Crippen molar-refractivity contribution in [3.05, 3.63) is 10.9 Å². The van der Waals surface area contributed by atoms with E-state index >= 15 is 0 Å². The number of nitrogens with two attached hydrogens (primary N) is 1. The summed E-state index contributed by atoms with van der Waals surface area (Å²) in [5.41, 5.74) is 2.45. The molecule has 2 unspecified atom stereocenters. The molecular formula is C11H15N5O2S. The normalized spacial score (nSPS) is 23.3. The molecule has 1 aliphatic rings. The third kappa shape index (κ3) is 2.12. The highest BCUT2D eigenvalue weighted by Gasteiger charge is 2.31. The predicted octanol–water partition coefficient (Wildman–Crippen LogP) is -0.173. The van der Waals surface area contributed by atoms with Gasteiger partial charge in [-0.15, -0.1) is 11.3 Å². The van der Waals surface area contributed by atoms with Gasteiger partial charge in [-0.2, -0.15) is 4.98 Å². The zero-order chi connectivity index (χ0) is 13.6. The minimum atomic E-state index is -0.751. The van der Waals surface area contributed by atoms with Crippen LogP contribution in [-0.4, -0.2) is 45.5 Å². The molecule has 102 valence electrons.